The van der Waals surface area contributed by atoms with Crippen molar-refractivity contribution in [3.05, 3.63) is 53.1 Å². The molecule has 6 nitrogen and oxygen atoms in total. The molecule has 136 valence electrons. The van der Waals surface area contributed by atoms with Crippen molar-refractivity contribution in [2.24, 2.45) is 10.7 Å². The van der Waals surface area contributed by atoms with Crippen molar-refractivity contribution in [2.45, 2.75) is 26.1 Å². The highest BCUT2D eigenvalue weighted by molar-refractivity contribution is 5.87. The summed E-state index contributed by atoms with van der Waals surface area (Å²) in [4.78, 5) is 3.96. The number of hydrogen-bond donors (Lipinski definition) is 5. The maximum absolute atomic E-state index is 13.4. The Labute approximate surface area is 144 Å². The Morgan fingerprint density at radius 3 is 2.64 bits per heavy atom. The monoisotopic (exact) mass is 352 g/mol. The van der Waals surface area contributed by atoms with E-state index in [1.165, 1.54) is 19.2 Å². The number of nitrogens with two attached hydrogens (primary N) is 1. The highest BCUT2D eigenvalue weighted by Gasteiger charge is 2.18. The van der Waals surface area contributed by atoms with Crippen LogP contribution in [-0.4, -0.2) is 35.0 Å². The number of halogens is 2. The maximum atomic E-state index is 13.4. The molecule has 0 amide bonds. The fourth-order valence-electron chi connectivity index (χ4n) is 2.05. The first-order chi connectivity index (χ1) is 11.8. The number of allylic oxidation sites excluding steroid dienone is 1. The third-order valence-electron chi connectivity index (χ3n) is 3.25. The van der Waals surface area contributed by atoms with E-state index in [4.69, 9.17) is 11.1 Å². The molecule has 0 aromatic heterocycles. The summed E-state index contributed by atoms with van der Waals surface area (Å²) < 4.78 is 26.5. The molecular formula is C17H22F2N4O2. The molecule has 2 atom stereocenters. The van der Waals surface area contributed by atoms with E-state index < -0.39 is 24.0 Å². The summed E-state index contributed by atoms with van der Waals surface area (Å²) >= 11 is 0. The summed E-state index contributed by atoms with van der Waals surface area (Å²) in [5.74, 6) is -1.85. The topological polar surface area (TPSA) is 115 Å². The zero-order chi connectivity index (χ0) is 19.0. The van der Waals surface area contributed by atoms with E-state index in [9.17, 15) is 19.0 Å². The first kappa shape index (κ1) is 20.5. The molecule has 6 N–H and O–H groups in total. The van der Waals surface area contributed by atoms with Gasteiger partial charge in [0.25, 0.3) is 0 Å². The van der Waals surface area contributed by atoms with Gasteiger partial charge in [-0.2, -0.15) is 4.39 Å². The van der Waals surface area contributed by atoms with Gasteiger partial charge in [0.2, 0.25) is 5.97 Å². The minimum Gasteiger partial charge on any atom is -0.404 e. The van der Waals surface area contributed by atoms with E-state index >= 15 is 0 Å². The lowest BCUT2D eigenvalue weighted by Gasteiger charge is -2.20. The van der Waals surface area contributed by atoms with Crippen molar-refractivity contribution >= 4 is 17.9 Å². The molecule has 25 heavy (non-hydrogen) atoms. The number of aliphatic hydroxyl groups is 2. The lowest BCUT2D eigenvalue weighted by Crippen LogP contribution is -2.23. The molecule has 8 heteroatoms. The molecule has 0 spiro atoms. The molecule has 0 saturated carbocycles. The average Bonchev–Trinajstić information content (AvgIpc) is 2.55. The quantitative estimate of drug-likeness (QED) is 0.462. The zero-order valence-corrected chi connectivity index (χ0v) is 14.0. The van der Waals surface area contributed by atoms with Crippen LogP contribution >= 0.6 is 0 Å². The number of benzene rings is 1. The molecule has 2 unspecified atom stereocenters. The third kappa shape index (κ3) is 6.09. The Kier molecular flexibility index (Phi) is 7.90. The summed E-state index contributed by atoms with van der Waals surface area (Å²) in [7, 11) is 0. The van der Waals surface area contributed by atoms with Gasteiger partial charge in [-0.05, 0) is 32.0 Å². The van der Waals surface area contributed by atoms with Gasteiger partial charge >= 0.3 is 0 Å². The molecule has 1 aromatic carbocycles. The molecule has 0 radical (unpaired) electrons. The Hall–Kier alpha value is -2.58. The number of hydrogen-bond acceptors (Lipinski definition) is 6. The number of anilines is 1. The Morgan fingerprint density at radius 1 is 1.44 bits per heavy atom. The highest BCUT2D eigenvalue weighted by atomic mass is 19.1. The van der Waals surface area contributed by atoms with Crippen molar-refractivity contribution in [1.82, 2.24) is 0 Å². The lowest BCUT2D eigenvalue weighted by atomic mass is 10.0. The van der Waals surface area contributed by atoms with Crippen LogP contribution in [0.3, 0.4) is 0 Å². The first-order valence-electron chi connectivity index (χ1n) is 7.60. The summed E-state index contributed by atoms with van der Waals surface area (Å²) in [6.45, 7) is 3.69. The number of rotatable bonds is 8. The van der Waals surface area contributed by atoms with Crippen LogP contribution in [0, 0.1) is 11.2 Å². The molecule has 1 rings (SSSR count). The molecule has 1 aromatic rings. The van der Waals surface area contributed by atoms with E-state index in [2.05, 4.69) is 10.3 Å². The molecular weight excluding hydrogens is 330 g/mol. The second-order valence-electron chi connectivity index (χ2n) is 5.18. The molecule has 0 heterocycles. The van der Waals surface area contributed by atoms with Gasteiger partial charge in [0.05, 0.1) is 11.8 Å². The summed E-state index contributed by atoms with van der Waals surface area (Å²) in [6.07, 6.45) is 0.809. The minimum atomic E-state index is -1.40. The number of nitrogens with one attached hydrogen (secondary N) is 2. The second kappa shape index (κ2) is 9.65. The van der Waals surface area contributed by atoms with Gasteiger partial charge in [-0.1, -0.05) is 0 Å². The predicted molar refractivity (Wildman–Crippen MR) is 94.9 cm³/mol. The van der Waals surface area contributed by atoms with Crippen molar-refractivity contribution in [2.75, 3.05) is 11.9 Å². The van der Waals surface area contributed by atoms with Crippen LogP contribution in [0.25, 0.3) is 0 Å². The smallest absolute Gasteiger partial charge is 0.207 e. The fraction of sp³-hybridized carbons (Fsp3) is 0.294. The normalized spacial score (nSPS) is 15.3. The van der Waals surface area contributed by atoms with E-state index in [0.29, 0.717) is 6.54 Å². The Morgan fingerprint density at radius 2 is 2.12 bits per heavy atom. The first-order valence-corrected chi connectivity index (χ1v) is 7.60. The summed E-state index contributed by atoms with van der Waals surface area (Å²) in [5.41, 5.74) is 6.01. The average molecular weight is 352 g/mol. The van der Waals surface area contributed by atoms with Crippen LogP contribution in [0.1, 0.15) is 25.5 Å². The summed E-state index contributed by atoms with van der Waals surface area (Å²) in [5, 5.41) is 29.9. The van der Waals surface area contributed by atoms with Crippen molar-refractivity contribution < 1.29 is 19.0 Å². The van der Waals surface area contributed by atoms with Crippen LogP contribution in [0.5, 0.6) is 0 Å². The van der Waals surface area contributed by atoms with Crippen LogP contribution in [-0.2, 0) is 0 Å². The maximum Gasteiger partial charge on any atom is 0.207 e. The standard InChI is InChI=1S/C17H22F2N4O2/c1-3-22-9-11(8-20)17(25)15(7-16(19)21)23-14-5-4-12(18)6-13(14)10(2)24/h4-10,17,21,23-25H,3,20H2,1-2H3/b11-8?,15-7-,21-16?,22-9?. The van der Waals surface area contributed by atoms with E-state index in [1.54, 1.807) is 6.92 Å². The van der Waals surface area contributed by atoms with Crippen LogP contribution in [0.4, 0.5) is 14.5 Å². The van der Waals surface area contributed by atoms with Gasteiger partial charge in [-0.25, -0.2) is 4.39 Å². The van der Waals surface area contributed by atoms with Gasteiger partial charge in [0.15, 0.2) is 0 Å². The van der Waals surface area contributed by atoms with Gasteiger partial charge in [-0.15, -0.1) is 0 Å². The second-order valence-corrected chi connectivity index (χ2v) is 5.18. The zero-order valence-electron chi connectivity index (χ0n) is 14.0. The SMILES string of the molecule is CCN=CC(=CN)C(O)/C(=C/C(=N)F)Nc1ccc(F)cc1C(C)O. The van der Waals surface area contributed by atoms with Crippen LogP contribution in [0.15, 0.2) is 46.7 Å². The Balaban J connectivity index is 3.26. The van der Waals surface area contributed by atoms with E-state index in [0.717, 1.165) is 24.4 Å². The molecule has 0 saturated heterocycles. The fourth-order valence-corrected chi connectivity index (χ4v) is 2.05. The largest absolute Gasteiger partial charge is 0.404 e. The van der Waals surface area contributed by atoms with Crippen molar-refractivity contribution in [3.63, 3.8) is 0 Å². The number of nitrogens with zero attached hydrogens (tertiary/aromatic N) is 1. The highest BCUT2D eigenvalue weighted by Crippen LogP contribution is 2.26. The molecule has 0 aliphatic carbocycles. The van der Waals surface area contributed by atoms with Gasteiger partial charge in [-0.3, -0.25) is 10.4 Å². The van der Waals surface area contributed by atoms with Crippen molar-refractivity contribution in [3.8, 4) is 0 Å². The predicted octanol–water partition coefficient (Wildman–Crippen LogP) is 2.42. The molecule has 0 aliphatic heterocycles. The van der Waals surface area contributed by atoms with Gasteiger partial charge in [0.1, 0.15) is 11.9 Å². The molecule has 0 bridgehead atoms. The van der Waals surface area contributed by atoms with Gasteiger partial charge < -0.3 is 21.3 Å². The van der Waals surface area contributed by atoms with Crippen molar-refractivity contribution in [1.29, 1.82) is 5.41 Å². The van der Waals surface area contributed by atoms with Gasteiger partial charge in [0, 0.05) is 41.9 Å². The number of aliphatic hydroxyl groups excluding tert-OH is 2. The number of aliphatic imine (C=N–C) groups is 1. The third-order valence-corrected chi connectivity index (χ3v) is 3.25. The van der Waals surface area contributed by atoms with Crippen LogP contribution in [0.2, 0.25) is 0 Å². The molecule has 0 fully saturated rings. The van der Waals surface area contributed by atoms with E-state index in [-0.39, 0.29) is 22.5 Å². The van der Waals surface area contributed by atoms with E-state index in [1.807, 2.05) is 0 Å². The van der Waals surface area contributed by atoms with Crippen LogP contribution < -0.4 is 11.1 Å². The molecule has 0 aliphatic rings. The summed E-state index contributed by atoms with van der Waals surface area (Å²) in [6, 6.07) is 3.61. The minimum absolute atomic E-state index is 0.111. The Bertz CT molecular complexity index is 700. The lowest BCUT2D eigenvalue weighted by molar-refractivity contribution is 0.199.